The Morgan fingerprint density at radius 1 is 1.50 bits per heavy atom. The zero-order chi connectivity index (χ0) is 9.80. The molecule has 1 aromatic carbocycles. The molecule has 1 saturated heterocycles. The van der Waals surface area contributed by atoms with Crippen molar-refractivity contribution in [3.63, 3.8) is 0 Å². The third-order valence-electron chi connectivity index (χ3n) is 2.40. The minimum atomic E-state index is -0.134. The Kier molecular flexibility index (Phi) is 3.43. The predicted octanol–water partition coefficient (Wildman–Crippen LogP) is 2.42. The summed E-state index contributed by atoms with van der Waals surface area (Å²) >= 11 is 1.87. The van der Waals surface area contributed by atoms with E-state index >= 15 is 0 Å². The van der Waals surface area contributed by atoms with Crippen LogP contribution < -0.4 is 5.32 Å². The molecule has 1 heterocycles. The van der Waals surface area contributed by atoms with Crippen molar-refractivity contribution in [3.05, 3.63) is 35.6 Å². The lowest BCUT2D eigenvalue weighted by Crippen LogP contribution is -2.44. The van der Waals surface area contributed by atoms with Crippen molar-refractivity contribution in [1.29, 1.82) is 0 Å². The zero-order valence-electron chi connectivity index (χ0n) is 8.00. The van der Waals surface area contributed by atoms with Crippen LogP contribution in [-0.4, -0.2) is 18.3 Å². The maximum absolute atomic E-state index is 12.8. The minimum absolute atomic E-state index is 0.134. The van der Waals surface area contributed by atoms with E-state index in [1.807, 2.05) is 17.8 Å². The molecule has 1 unspecified atom stereocenters. The first-order chi connectivity index (χ1) is 6.84. The van der Waals surface area contributed by atoms with E-state index in [2.05, 4.69) is 5.32 Å². The third kappa shape index (κ3) is 2.72. The zero-order valence-corrected chi connectivity index (χ0v) is 8.82. The molecule has 1 atom stereocenters. The standard InChI is InChI=1S/C11H14FNS/c12-10-3-1-2-9(6-10)7-14-8-11-4-5-13-11/h1-3,6,11,13H,4-5,7-8H2. The fraction of sp³-hybridized carbons (Fsp3) is 0.455. The van der Waals surface area contributed by atoms with Gasteiger partial charge in [0.25, 0.3) is 0 Å². The molecule has 14 heavy (non-hydrogen) atoms. The van der Waals surface area contributed by atoms with E-state index in [-0.39, 0.29) is 5.82 Å². The van der Waals surface area contributed by atoms with Crippen LogP contribution in [0.15, 0.2) is 24.3 Å². The smallest absolute Gasteiger partial charge is 0.123 e. The fourth-order valence-electron chi connectivity index (χ4n) is 1.44. The molecule has 3 heteroatoms. The van der Waals surface area contributed by atoms with Crippen LogP contribution in [-0.2, 0) is 5.75 Å². The second-order valence-corrected chi connectivity index (χ2v) is 4.62. The quantitative estimate of drug-likeness (QED) is 0.821. The first-order valence-electron chi connectivity index (χ1n) is 4.90. The van der Waals surface area contributed by atoms with Gasteiger partial charge in [0.2, 0.25) is 0 Å². The Labute approximate surface area is 88.1 Å². The van der Waals surface area contributed by atoms with Crippen LogP contribution >= 0.6 is 11.8 Å². The van der Waals surface area contributed by atoms with Crippen molar-refractivity contribution < 1.29 is 4.39 Å². The second-order valence-electron chi connectivity index (χ2n) is 3.58. The van der Waals surface area contributed by atoms with Crippen LogP contribution in [0.5, 0.6) is 0 Å². The van der Waals surface area contributed by atoms with Gasteiger partial charge in [0, 0.05) is 17.5 Å². The minimum Gasteiger partial charge on any atom is -0.313 e. The van der Waals surface area contributed by atoms with Crippen molar-refractivity contribution in [2.45, 2.75) is 18.2 Å². The van der Waals surface area contributed by atoms with Gasteiger partial charge in [0.1, 0.15) is 5.82 Å². The molecule has 0 aromatic heterocycles. The average Bonchev–Trinajstić information content (AvgIpc) is 2.09. The lowest BCUT2D eigenvalue weighted by molar-refractivity contribution is 0.405. The molecule has 1 aliphatic heterocycles. The molecule has 0 bridgehead atoms. The van der Waals surface area contributed by atoms with Crippen LogP contribution in [0.1, 0.15) is 12.0 Å². The molecule has 1 aromatic rings. The van der Waals surface area contributed by atoms with Gasteiger partial charge in [-0.05, 0) is 30.7 Å². The average molecular weight is 211 g/mol. The van der Waals surface area contributed by atoms with Crippen molar-refractivity contribution in [1.82, 2.24) is 5.32 Å². The van der Waals surface area contributed by atoms with E-state index in [9.17, 15) is 4.39 Å². The second kappa shape index (κ2) is 4.80. The van der Waals surface area contributed by atoms with Gasteiger partial charge in [0.05, 0.1) is 0 Å². The Balaban J connectivity index is 1.74. The molecular weight excluding hydrogens is 197 g/mol. The van der Waals surface area contributed by atoms with E-state index in [1.54, 1.807) is 12.1 Å². The largest absolute Gasteiger partial charge is 0.313 e. The molecule has 0 radical (unpaired) electrons. The van der Waals surface area contributed by atoms with Gasteiger partial charge in [-0.2, -0.15) is 11.8 Å². The van der Waals surface area contributed by atoms with Gasteiger partial charge in [0.15, 0.2) is 0 Å². The Morgan fingerprint density at radius 2 is 2.36 bits per heavy atom. The fourth-order valence-corrected chi connectivity index (χ4v) is 2.54. The molecular formula is C11H14FNS. The van der Waals surface area contributed by atoms with Gasteiger partial charge in [-0.3, -0.25) is 0 Å². The highest BCUT2D eigenvalue weighted by molar-refractivity contribution is 7.98. The Morgan fingerprint density at radius 3 is 3.00 bits per heavy atom. The summed E-state index contributed by atoms with van der Waals surface area (Å²) in [6.07, 6.45) is 1.29. The first kappa shape index (κ1) is 9.99. The highest BCUT2D eigenvalue weighted by Crippen LogP contribution is 2.16. The van der Waals surface area contributed by atoms with E-state index in [1.165, 1.54) is 12.5 Å². The summed E-state index contributed by atoms with van der Waals surface area (Å²) in [7, 11) is 0. The topological polar surface area (TPSA) is 12.0 Å². The number of nitrogens with one attached hydrogen (secondary N) is 1. The molecule has 0 spiro atoms. The van der Waals surface area contributed by atoms with Crippen LogP contribution in [0.2, 0.25) is 0 Å². The summed E-state index contributed by atoms with van der Waals surface area (Å²) in [6, 6.07) is 7.54. The number of hydrogen-bond acceptors (Lipinski definition) is 2. The van der Waals surface area contributed by atoms with E-state index in [0.717, 1.165) is 23.6 Å². The van der Waals surface area contributed by atoms with Crippen molar-refractivity contribution >= 4 is 11.8 Å². The summed E-state index contributed by atoms with van der Waals surface area (Å²) in [4.78, 5) is 0. The number of hydrogen-bond donors (Lipinski definition) is 1. The Hall–Kier alpha value is -0.540. The maximum atomic E-state index is 12.8. The summed E-state index contributed by atoms with van der Waals surface area (Å²) < 4.78 is 12.8. The van der Waals surface area contributed by atoms with Crippen molar-refractivity contribution in [2.24, 2.45) is 0 Å². The number of rotatable bonds is 4. The van der Waals surface area contributed by atoms with Gasteiger partial charge >= 0.3 is 0 Å². The molecule has 1 aliphatic rings. The normalized spacial score (nSPS) is 20.5. The van der Waals surface area contributed by atoms with Gasteiger partial charge in [-0.15, -0.1) is 0 Å². The number of halogens is 1. The van der Waals surface area contributed by atoms with E-state index < -0.39 is 0 Å². The van der Waals surface area contributed by atoms with Crippen molar-refractivity contribution in [2.75, 3.05) is 12.3 Å². The van der Waals surface area contributed by atoms with E-state index in [4.69, 9.17) is 0 Å². The summed E-state index contributed by atoms with van der Waals surface area (Å²) in [5.41, 5.74) is 1.08. The monoisotopic (exact) mass is 211 g/mol. The van der Waals surface area contributed by atoms with Gasteiger partial charge in [-0.1, -0.05) is 12.1 Å². The van der Waals surface area contributed by atoms with Crippen LogP contribution in [0, 0.1) is 5.82 Å². The lowest BCUT2D eigenvalue weighted by Gasteiger charge is -2.27. The molecule has 2 rings (SSSR count). The summed E-state index contributed by atoms with van der Waals surface area (Å²) in [5.74, 6) is 1.91. The SMILES string of the molecule is Fc1cccc(CSCC2CCN2)c1. The van der Waals surface area contributed by atoms with Gasteiger partial charge in [-0.25, -0.2) is 4.39 Å². The molecule has 0 amide bonds. The molecule has 76 valence electrons. The molecule has 1 nitrogen and oxygen atoms in total. The molecule has 1 N–H and O–H groups in total. The first-order valence-corrected chi connectivity index (χ1v) is 6.05. The predicted molar refractivity (Wildman–Crippen MR) is 59.0 cm³/mol. The molecule has 1 fully saturated rings. The highest BCUT2D eigenvalue weighted by Gasteiger charge is 2.15. The lowest BCUT2D eigenvalue weighted by atomic mass is 10.1. The molecule has 0 aliphatic carbocycles. The third-order valence-corrected chi connectivity index (χ3v) is 3.58. The molecule has 0 saturated carbocycles. The Bertz CT molecular complexity index is 299. The van der Waals surface area contributed by atoms with Gasteiger partial charge < -0.3 is 5.32 Å². The van der Waals surface area contributed by atoms with Crippen molar-refractivity contribution in [3.8, 4) is 0 Å². The van der Waals surface area contributed by atoms with E-state index in [0.29, 0.717) is 6.04 Å². The van der Waals surface area contributed by atoms with Crippen LogP contribution in [0.25, 0.3) is 0 Å². The van der Waals surface area contributed by atoms with Crippen LogP contribution in [0.3, 0.4) is 0 Å². The number of thioether (sulfide) groups is 1. The summed E-state index contributed by atoms with van der Waals surface area (Å²) in [6.45, 7) is 1.16. The summed E-state index contributed by atoms with van der Waals surface area (Å²) in [5, 5.41) is 3.35. The van der Waals surface area contributed by atoms with Crippen LogP contribution in [0.4, 0.5) is 4.39 Å². The highest BCUT2D eigenvalue weighted by atomic mass is 32.2. The maximum Gasteiger partial charge on any atom is 0.123 e. The number of benzene rings is 1.